The van der Waals surface area contributed by atoms with Gasteiger partial charge >= 0.3 is 5.97 Å². The van der Waals surface area contributed by atoms with E-state index >= 15 is 0 Å². The molecule has 1 saturated carbocycles. The number of anilines is 1. The molecule has 0 aliphatic heterocycles. The van der Waals surface area contributed by atoms with Gasteiger partial charge in [0.05, 0.1) is 18.4 Å². The highest BCUT2D eigenvalue weighted by molar-refractivity contribution is 5.90. The van der Waals surface area contributed by atoms with E-state index in [0.29, 0.717) is 28.8 Å². The molecule has 1 fully saturated rings. The van der Waals surface area contributed by atoms with Crippen molar-refractivity contribution in [3.05, 3.63) is 23.8 Å². The standard InChI is InChI=1S/C16H23NO3/c1-10-4-6-13(8-11(10)2)20-16(18)12-5-7-14(17)15(9-12)19-3/h5,7,9-11,13H,4,6,8,17H2,1-3H3. The van der Waals surface area contributed by atoms with Crippen molar-refractivity contribution in [2.45, 2.75) is 39.2 Å². The summed E-state index contributed by atoms with van der Waals surface area (Å²) >= 11 is 0. The van der Waals surface area contributed by atoms with Gasteiger partial charge in [-0.25, -0.2) is 4.79 Å². The average Bonchev–Trinajstić information content (AvgIpc) is 2.43. The van der Waals surface area contributed by atoms with Gasteiger partial charge < -0.3 is 15.2 Å². The number of carbonyl (C=O) groups excluding carboxylic acids is 1. The lowest BCUT2D eigenvalue weighted by molar-refractivity contribution is 0.00876. The van der Waals surface area contributed by atoms with Gasteiger partial charge in [-0.05, 0) is 49.3 Å². The van der Waals surface area contributed by atoms with Gasteiger partial charge in [0.15, 0.2) is 0 Å². The van der Waals surface area contributed by atoms with E-state index in [2.05, 4.69) is 13.8 Å². The second-order valence-corrected chi connectivity index (χ2v) is 5.75. The Morgan fingerprint density at radius 2 is 2.00 bits per heavy atom. The number of nitrogen functional groups attached to an aromatic ring is 1. The van der Waals surface area contributed by atoms with E-state index in [9.17, 15) is 4.79 Å². The van der Waals surface area contributed by atoms with E-state index in [1.807, 2.05) is 0 Å². The Morgan fingerprint density at radius 3 is 2.65 bits per heavy atom. The van der Waals surface area contributed by atoms with Crippen molar-refractivity contribution < 1.29 is 14.3 Å². The van der Waals surface area contributed by atoms with Crippen LogP contribution in [0.3, 0.4) is 0 Å². The second kappa shape index (κ2) is 6.16. The molecule has 110 valence electrons. The third-order valence-electron chi connectivity index (χ3n) is 4.29. The number of nitrogens with two attached hydrogens (primary N) is 1. The molecule has 2 N–H and O–H groups in total. The summed E-state index contributed by atoms with van der Waals surface area (Å²) in [5, 5.41) is 0. The van der Waals surface area contributed by atoms with Crippen LogP contribution in [-0.4, -0.2) is 19.2 Å². The minimum absolute atomic E-state index is 0.0252. The van der Waals surface area contributed by atoms with E-state index in [1.165, 1.54) is 7.11 Å². The molecule has 4 heteroatoms. The van der Waals surface area contributed by atoms with E-state index in [0.717, 1.165) is 19.3 Å². The Hall–Kier alpha value is -1.71. The third-order valence-corrected chi connectivity index (χ3v) is 4.29. The maximum atomic E-state index is 12.2. The summed E-state index contributed by atoms with van der Waals surface area (Å²) in [4.78, 5) is 12.2. The molecule has 4 nitrogen and oxygen atoms in total. The fourth-order valence-corrected chi connectivity index (χ4v) is 2.66. The number of hydrogen-bond donors (Lipinski definition) is 1. The third kappa shape index (κ3) is 3.24. The van der Waals surface area contributed by atoms with Crippen LogP contribution < -0.4 is 10.5 Å². The molecule has 0 aromatic heterocycles. The average molecular weight is 277 g/mol. The molecule has 0 spiro atoms. The van der Waals surface area contributed by atoms with Crippen molar-refractivity contribution in [2.75, 3.05) is 12.8 Å². The van der Waals surface area contributed by atoms with Gasteiger partial charge in [0, 0.05) is 0 Å². The topological polar surface area (TPSA) is 61.5 Å². The summed E-state index contributed by atoms with van der Waals surface area (Å²) in [6.45, 7) is 4.48. The Balaban J connectivity index is 2.01. The SMILES string of the molecule is COc1cc(C(=O)OC2CCC(C)C(C)C2)ccc1N. The van der Waals surface area contributed by atoms with Crippen molar-refractivity contribution in [3.8, 4) is 5.75 Å². The van der Waals surface area contributed by atoms with Crippen molar-refractivity contribution in [1.29, 1.82) is 0 Å². The summed E-state index contributed by atoms with van der Waals surface area (Å²) in [6, 6.07) is 4.97. The van der Waals surface area contributed by atoms with E-state index in [1.54, 1.807) is 18.2 Å². The molecule has 3 atom stereocenters. The van der Waals surface area contributed by atoms with Gasteiger partial charge in [-0.1, -0.05) is 13.8 Å². The molecule has 0 bridgehead atoms. The van der Waals surface area contributed by atoms with Crippen LogP contribution in [0.25, 0.3) is 0 Å². The van der Waals surface area contributed by atoms with Crippen LogP contribution in [0.1, 0.15) is 43.5 Å². The number of hydrogen-bond acceptors (Lipinski definition) is 4. The Bertz CT molecular complexity index is 487. The van der Waals surface area contributed by atoms with Gasteiger partial charge in [0.2, 0.25) is 0 Å². The van der Waals surface area contributed by atoms with Crippen molar-refractivity contribution >= 4 is 11.7 Å². The predicted octanol–water partition coefficient (Wildman–Crippen LogP) is 3.26. The molecule has 3 unspecified atom stereocenters. The molecule has 0 radical (unpaired) electrons. The first kappa shape index (κ1) is 14.7. The van der Waals surface area contributed by atoms with E-state index in [-0.39, 0.29) is 12.1 Å². The van der Waals surface area contributed by atoms with Gasteiger partial charge in [0.25, 0.3) is 0 Å². The first-order valence-electron chi connectivity index (χ1n) is 7.15. The molecular weight excluding hydrogens is 254 g/mol. The van der Waals surface area contributed by atoms with Crippen LogP contribution in [-0.2, 0) is 4.74 Å². The smallest absolute Gasteiger partial charge is 0.338 e. The number of carbonyl (C=O) groups is 1. The zero-order chi connectivity index (χ0) is 14.7. The van der Waals surface area contributed by atoms with Gasteiger partial charge in [-0.3, -0.25) is 0 Å². The Labute approximate surface area is 120 Å². The second-order valence-electron chi connectivity index (χ2n) is 5.75. The predicted molar refractivity (Wildman–Crippen MR) is 78.8 cm³/mol. The fourth-order valence-electron chi connectivity index (χ4n) is 2.66. The molecule has 2 rings (SSSR count). The normalized spacial score (nSPS) is 26.1. The summed E-state index contributed by atoms with van der Waals surface area (Å²) < 4.78 is 10.7. The first-order chi connectivity index (χ1) is 9.51. The lowest BCUT2D eigenvalue weighted by Gasteiger charge is -2.31. The molecule has 1 aliphatic carbocycles. The molecule has 0 heterocycles. The molecular formula is C16H23NO3. The lowest BCUT2D eigenvalue weighted by Crippen LogP contribution is -2.28. The highest BCUT2D eigenvalue weighted by Crippen LogP contribution is 2.31. The van der Waals surface area contributed by atoms with Gasteiger partial charge in [0.1, 0.15) is 11.9 Å². The van der Waals surface area contributed by atoms with Crippen molar-refractivity contribution in [3.63, 3.8) is 0 Å². The number of benzene rings is 1. The van der Waals surface area contributed by atoms with Crippen LogP contribution >= 0.6 is 0 Å². The summed E-state index contributed by atoms with van der Waals surface area (Å²) in [5.74, 6) is 1.52. The minimum Gasteiger partial charge on any atom is -0.495 e. The Morgan fingerprint density at radius 1 is 1.25 bits per heavy atom. The zero-order valence-electron chi connectivity index (χ0n) is 12.4. The van der Waals surface area contributed by atoms with Crippen LogP contribution in [0.5, 0.6) is 5.75 Å². The van der Waals surface area contributed by atoms with Crippen LogP contribution in [0, 0.1) is 11.8 Å². The Kier molecular flexibility index (Phi) is 4.53. The quantitative estimate of drug-likeness (QED) is 0.680. The van der Waals surface area contributed by atoms with E-state index < -0.39 is 0 Å². The van der Waals surface area contributed by atoms with Gasteiger partial charge in [-0.2, -0.15) is 0 Å². The van der Waals surface area contributed by atoms with Crippen LogP contribution in [0.4, 0.5) is 5.69 Å². The number of rotatable bonds is 3. The highest BCUT2D eigenvalue weighted by atomic mass is 16.5. The molecule has 20 heavy (non-hydrogen) atoms. The number of ether oxygens (including phenoxy) is 2. The highest BCUT2D eigenvalue weighted by Gasteiger charge is 2.27. The first-order valence-corrected chi connectivity index (χ1v) is 7.15. The summed E-state index contributed by atoms with van der Waals surface area (Å²) in [7, 11) is 1.53. The maximum Gasteiger partial charge on any atom is 0.338 e. The van der Waals surface area contributed by atoms with Crippen molar-refractivity contribution in [1.82, 2.24) is 0 Å². The largest absolute Gasteiger partial charge is 0.495 e. The summed E-state index contributed by atoms with van der Waals surface area (Å²) in [6.07, 6.45) is 3.03. The van der Waals surface area contributed by atoms with Gasteiger partial charge in [-0.15, -0.1) is 0 Å². The molecule has 0 amide bonds. The van der Waals surface area contributed by atoms with E-state index in [4.69, 9.17) is 15.2 Å². The minimum atomic E-state index is -0.296. The lowest BCUT2D eigenvalue weighted by atomic mass is 9.80. The monoisotopic (exact) mass is 277 g/mol. The molecule has 0 saturated heterocycles. The zero-order valence-corrected chi connectivity index (χ0v) is 12.4. The van der Waals surface area contributed by atoms with Crippen LogP contribution in [0.2, 0.25) is 0 Å². The van der Waals surface area contributed by atoms with Crippen molar-refractivity contribution in [2.24, 2.45) is 11.8 Å². The number of esters is 1. The number of methoxy groups -OCH3 is 1. The maximum absolute atomic E-state index is 12.2. The fraction of sp³-hybridized carbons (Fsp3) is 0.562. The summed E-state index contributed by atoms with van der Waals surface area (Å²) in [5.41, 5.74) is 6.75. The van der Waals surface area contributed by atoms with Crippen LogP contribution in [0.15, 0.2) is 18.2 Å². The molecule has 1 aliphatic rings. The molecule has 1 aromatic rings. The molecule has 1 aromatic carbocycles.